The normalized spacial score (nSPS) is 9.21. The Bertz CT molecular complexity index is 581. The predicted octanol–water partition coefficient (Wildman–Crippen LogP) is -0.00608. The molecule has 0 aromatic heterocycles. The van der Waals surface area contributed by atoms with Crippen LogP contribution in [0.4, 0.5) is 0 Å². The van der Waals surface area contributed by atoms with Gasteiger partial charge in [0.05, 0.1) is 4.90 Å². The summed E-state index contributed by atoms with van der Waals surface area (Å²) in [5, 5.41) is 15.8. The second-order valence-electron chi connectivity index (χ2n) is 3.14. The molecule has 0 bridgehead atoms. The Balaban J connectivity index is 0.000000459. The molecule has 1 aromatic rings. The van der Waals surface area contributed by atoms with Gasteiger partial charge in [0.25, 0.3) is 16.1 Å². The quantitative estimate of drug-likeness (QED) is 0.451. The molecule has 0 heterocycles. The van der Waals surface area contributed by atoms with Crippen molar-refractivity contribution in [1.29, 1.82) is 0 Å². The zero-order valence-corrected chi connectivity index (χ0v) is 11.0. The number of hydrogen-bond acceptors (Lipinski definition) is 5. The lowest BCUT2D eigenvalue weighted by Crippen LogP contribution is -1.95. The number of sulfonamides is 1. The summed E-state index contributed by atoms with van der Waals surface area (Å²) in [6.07, 6.45) is 1.01. The van der Waals surface area contributed by atoms with Crippen molar-refractivity contribution in [3.8, 4) is 11.8 Å². The van der Waals surface area contributed by atoms with Gasteiger partial charge in [-0.2, -0.15) is 8.42 Å². The van der Waals surface area contributed by atoms with E-state index < -0.39 is 10.0 Å². The Morgan fingerprint density at radius 2 is 1.58 bits per heavy atom. The van der Waals surface area contributed by atoms with Crippen LogP contribution in [0.25, 0.3) is 0 Å². The van der Waals surface area contributed by atoms with Crippen LogP contribution in [0.3, 0.4) is 0 Å². The Hall–Kier alpha value is -1.97. The van der Waals surface area contributed by atoms with E-state index in [1.807, 2.05) is 6.92 Å². The average Bonchev–Trinajstić information content (AvgIpc) is 2.37. The minimum Gasteiger partial charge on any atom is -0.384 e. The smallest absolute Gasteiger partial charge is 0.292 e. The number of rotatable bonds is 2. The molecule has 0 spiro atoms. The highest BCUT2D eigenvalue weighted by Gasteiger charge is 2.10. The molecule has 0 saturated heterocycles. The SMILES string of the molecule is Cc1ccc(S(=O)(=O)N=C=O)cc1.OCC#CCO. The molecule has 1 rings (SSSR count). The number of isocyanates is 1. The van der Waals surface area contributed by atoms with Crippen LogP contribution in [0.5, 0.6) is 0 Å². The molecule has 6 nitrogen and oxygen atoms in total. The second kappa shape index (κ2) is 9.03. The molecule has 2 N–H and O–H groups in total. The monoisotopic (exact) mass is 283 g/mol. The van der Waals surface area contributed by atoms with Crippen molar-refractivity contribution in [1.82, 2.24) is 0 Å². The fraction of sp³-hybridized carbons (Fsp3) is 0.250. The molecule has 0 atom stereocenters. The predicted molar refractivity (Wildman–Crippen MR) is 68.4 cm³/mol. The molecule has 0 fully saturated rings. The minimum atomic E-state index is -3.83. The molecule has 7 heteroatoms. The molecular weight excluding hydrogens is 270 g/mol. The standard InChI is InChI=1S/C8H7NO3S.C4H6O2/c1-7-2-4-8(5-3-7)13(11,12)9-6-10;5-3-1-2-4-6/h2-5H,1H3;5-6H,3-4H2. The van der Waals surface area contributed by atoms with Crippen molar-refractivity contribution in [3.05, 3.63) is 29.8 Å². The Labute approximate surface area is 111 Å². The van der Waals surface area contributed by atoms with Gasteiger partial charge < -0.3 is 10.2 Å². The number of aryl methyl sites for hydroxylation is 1. The van der Waals surface area contributed by atoms with Crippen LogP contribution in [0.15, 0.2) is 33.6 Å². The first-order chi connectivity index (χ1) is 8.97. The minimum absolute atomic E-state index is 0.00134. The molecule has 0 radical (unpaired) electrons. The Morgan fingerprint density at radius 1 is 1.11 bits per heavy atom. The van der Waals surface area contributed by atoms with Crippen LogP contribution in [0.1, 0.15) is 5.56 Å². The zero-order valence-electron chi connectivity index (χ0n) is 10.2. The van der Waals surface area contributed by atoms with Gasteiger partial charge in [-0.15, -0.1) is 0 Å². The topological polar surface area (TPSA) is 104 Å². The van der Waals surface area contributed by atoms with Gasteiger partial charge in [0.15, 0.2) is 0 Å². The van der Waals surface area contributed by atoms with Crippen molar-refractivity contribution in [2.75, 3.05) is 13.2 Å². The molecular formula is C12H13NO5S. The van der Waals surface area contributed by atoms with E-state index in [9.17, 15) is 13.2 Å². The number of benzene rings is 1. The zero-order chi connectivity index (χ0) is 14.7. The van der Waals surface area contributed by atoms with Gasteiger partial charge in [0, 0.05) is 0 Å². The fourth-order valence-electron chi connectivity index (χ4n) is 0.924. The third-order valence-corrected chi connectivity index (χ3v) is 2.94. The average molecular weight is 283 g/mol. The van der Waals surface area contributed by atoms with Gasteiger partial charge >= 0.3 is 0 Å². The molecule has 102 valence electrons. The Kier molecular flexibility index (Phi) is 8.09. The summed E-state index contributed by atoms with van der Waals surface area (Å²) in [5.74, 6) is 4.51. The van der Waals surface area contributed by atoms with Gasteiger partial charge in [0.2, 0.25) is 0 Å². The fourth-order valence-corrected chi connectivity index (χ4v) is 1.61. The van der Waals surface area contributed by atoms with Crippen molar-refractivity contribution in [3.63, 3.8) is 0 Å². The van der Waals surface area contributed by atoms with Gasteiger partial charge in [-0.3, -0.25) is 0 Å². The third-order valence-electron chi connectivity index (χ3n) is 1.76. The van der Waals surface area contributed by atoms with Crippen LogP contribution in [0.2, 0.25) is 0 Å². The van der Waals surface area contributed by atoms with Gasteiger partial charge in [-0.05, 0) is 19.1 Å². The summed E-state index contributed by atoms with van der Waals surface area (Å²) in [5.41, 5.74) is 0.939. The Morgan fingerprint density at radius 3 is 1.95 bits per heavy atom. The van der Waals surface area contributed by atoms with E-state index in [0.717, 1.165) is 11.6 Å². The lowest BCUT2D eigenvalue weighted by molar-refractivity contribution is 0.342. The van der Waals surface area contributed by atoms with E-state index in [2.05, 4.69) is 16.2 Å². The number of aliphatic hydroxyl groups excluding tert-OH is 2. The van der Waals surface area contributed by atoms with E-state index in [4.69, 9.17) is 10.2 Å². The first-order valence-electron chi connectivity index (χ1n) is 5.06. The summed E-state index contributed by atoms with van der Waals surface area (Å²) in [6, 6.07) is 6.05. The van der Waals surface area contributed by atoms with Crippen molar-refractivity contribution in [2.45, 2.75) is 11.8 Å². The van der Waals surface area contributed by atoms with E-state index in [1.165, 1.54) is 12.1 Å². The number of nitrogens with zero attached hydrogens (tertiary/aromatic N) is 1. The maximum Gasteiger partial charge on any atom is 0.292 e. The number of hydrogen-bond donors (Lipinski definition) is 2. The van der Waals surface area contributed by atoms with E-state index in [-0.39, 0.29) is 18.1 Å². The van der Waals surface area contributed by atoms with Crippen LogP contribution < -0.4 is 0 Å². The molecule has 19 heavy (non-hydrogen) atoms. The number of aliphatic hydroxyl groups is 2. The molecule has 0 aliphatic carbocycles. The molecule has 0 saturated carbocycles. The van der Waals surface area contributed by atoms with Crippen molar-refractivity contribution in [2.24, 2.45) is 4.40 Å². The second-order valence-corrected chi connectivity index (χ2v) is 4.74. The molecule has 1 aromatic carbocycles. The highest BCUT2D eigenvalue weighted by atomic mass is 32.2. The van der Waals surface area contributed by atoms with E-state index >= 15 is 0 Å². The third kappa shape index (κ3) is 7.13. The molecule has 0 amide bonds. The molecule has 0 unspecified atom stereocenters. The first-order valence-corrected chi connectivity index (χ1v) is 6.50. The van der Waals surface area contributed by atoms with Crippen LogP contribution in [-0.4, -0.2) is 37.9 Å². The van der Waals surface area contributed by atoms with Gasteiger partial charge in [0.1, 0.15) is 13.2 Å². The van der Waals surface area contributed by atoms with Gasteiger partial charge in [-0.25, -0.2) is 4.79 Å². The first kappa shape index (κ1) is 17.0. The summed E-state index contributed by atoms with van der Waals surface area (Å²) < 4.78 is 25.0. The maximum absolute atomic E-state index is 11.1. The van der Waals surface area contributed by atoms with Crippen molar-refractivity contribution < 1.29 is 23.4 Å². The molecule has 0 aliphatic heterocycles. The highest BCUT2D eigenvalue weighted by molar-refractivity contribution is 7.90. The highest BCUT2D eigenvalue weighted by Crippen LogP contribution is 2.11. The lowest BCUT2D eigenvalue weighted by atomic mass is 10.2. The van der Waals surface area contributed by atoms with E-state index in [0.29, 0.717) is 0 Å². The molecule has 0 aliphatic rings. The maximum atomic E-state index is 11.1. The van der Waals surface area contributed by atoms with Crippen LogP contribution in [0, 0.1) is 18.8 Å². The largest absolute Gasteiger partial charge is 0.384 e. The summed E-state index contributed by atoms with van der Waals surface area (Å²) in [7, 11) is -3.83. The lowest BCUT2D eigenvalue weighted by Gasteiger charge is -1.96. The van der Waals surface area contributed by atoms with Crippen molar-refractivity contribution >= 4 is 16.1 Å². The summed E-state index contributed by atoms with van der Waals surface area (Å²) >= 11 is 0. The van der Waals surface area contributed by atoms with Gasteiger partial charge in [-0.1, -0.05) is 33.9 Å². The van der Waals surface area contributed by atoms with Crippen LogP contribution >= 0.6 is 0 Å². The summed E-state index contributed by atoms with van der Waals surface area (Å²) in [6.45, 7) is 1.50. The number of carbonyl (C=O) groups excluding carboxylic acids is 1. The van der Waals surface area contributed by atoms with Crippen LogP contribution in [-0.2, 0) is 14.8 Å². The van der Waals surface area contributed by atoms with E-state index in [1.54, 1.807) is 12.1 Å². The summed E-state index contributed by atoms with van der Waals surface area (Å²) in [4.78, 5) is 9.79.